The Labute approximate surface area is 162 Å². The lowest BCUT2D eigenvalue weighted by atomic mass is 10.1. The Hall–Kier alpha value is -2.02. The fourth-order valence-corrected chi connectivity index (χ4v) is 3.22. The number of carbonyl (C=O) groups excluding carboxylic acids is 1. The number of ether oxygens (including phenoxy) is 2. The zero-order valence-electron chi connectivity index (χ0n) is 14.3. The highest BCUT2D eigenvalue weighted by molar-refractivity contribution is 7.33. The third-order valence-corrected chi connectivity index (χ3v) is 4.72. The molecule has 0 bridgehead atoms. The maximum Gasteiger partial charge on any atom is 0.369 e. The standard InChI is InChI=1S/C13H15ClFN5O7P/c1-24-6(21)3-26-28(23)25-2-5-9(22)7(15)12(27-5)20-4-17-8-10(16)18-13(14)19-11(8)20/h4-5,7,9,12,22H,2-3H2,1H3,(H2,16,18,19)/t5-,7+,9-,12-/m1/s1. The maximum atomic E-state index is 14.6. The molecule has 1 fully saturated rings. The normalized spacial score (nSPS) is 25.2. The zero-order valence-corrected chi connectivity index (χ0v) is 15.9. The van der Waals surface area contributed by atoms with Crippen molar-refractivity contribution in [2.24, 2.45) is 0 Å². The number of anilines is 1. The van der Waals surface area contributed by atoms with Crippen LogP contribution in [0, 0.1) is 0 Å². The highest BCUT2D eigenvalue weighted by Crippen LogP contribution is 2.36. The van der Waals surface area contributed by atoms with E-state index >= 15 is 0 Å². The van der Waals surface area contributed by atoms with Crippen molar-refractivity contribution in [2.45, 2.75) is 24.6 Å². The molecule has 2 aromatic rings. The number of esters is 1. The number of fused-ring (bicyclic) bond motifs is 1. The van der Waals surface area contributed by atoms with Gasteiger partial charge in [-0.1, -0.05) is 0 Å². The van der Waals surface area contributed by atoms with Gasteiger partial charge in [0, 0.05) is 0 Å². The van der Waals surface area contributed by atoms with Crippen molar-refractivity contribution < 1.29 is 37.4 Å². The molecule has 3 N–H and O–H groups in total. The van der Waals surface area contributed by atoms with Crippen LogP contribution in [-0.2, 0) is 27.9 Å². The molecule has 1 aliphatic rings. The number of halogens is 2. The number of alkyl halides is 1. The molecule has 0 amide bonds. The van der Waals surface area contributed by atoms with Crippen LogP contribution in [0.15, 0.2) is 6.33 Å². The molecule has 0 spiro atoms. The second kappa shape index (κ2) is 8.55. The van der Waals surface area contributed by atoms with Gasteiger partial charge in [-0.3, -0.25) is 13.6 Å². The number of nitrogens with zero attached hydrogens (tertiary/aromatic N) is 4. The lowest BCUT2D eigenvalue weighted by Gasteiger charge is -2.15. The van der Waals surface area contributed by atoms with E-state index in [1.54, 1.807) is 0 Å². The Morgan fingerprint density at radius 1 is 1.50 bits per heavy atom. The molecular weight excluding hydrogens is 424 g/mol. The van der Waals surface area contributed by atoms with Crippen molar-refractivity contribution in [1.29, 1.82) is 0 Å². The van der Waals surface area contributed by atoms with Crippen molar-refractivity contribution in [2.75, 3.05) is 26.1 Å². The first-order valence-corrected chi connectivity index (χ1v) is 9.22. The summed E-state index contributed by atoms with van der Waals surface area (Å²) >= 11 is 5.77. The van der Waals surface area contributed by atoms with Crippen LogP contribution in [0.2, 0.25) is 5.28 Å². The van der Waals surface area contributed by atoms with E-state index in [2.05, 4.69) is 24.2 Å². The summed E-state index contributed by atoms with van der Waals surface area (Å²) in [6.45, 7) is -1.05. The Bertz CT molecular complexity index is 902. The lowest BCUT2D eigenvalue weighted by Crippen LogP contribution is -2.31. The fraction of sp³-hybridized carbons (Fsp3) is 0.538. The van der Waals surface area contributed by atoms with E-state index in [0.29, 0.717) is 0 Å². The number of hydrogen-bond acceptors (Lipinski definition) is 11. The zero-order chi connectivity index (χ0) is 20.4. The largest absolute Gasteiger partial charge is 0.467 e. The van der Waals surface area contributed by atoms with Gasteiger partial charge in [0.15, 0.2) is 30.5 Å². The molecule has 153 valence electrons. The van der Waals surface area contributed by atoms with Crippen LogP contribution >= 0.6 is 19.9 Å². The quantitative estimate of drug-likeness (QED) is 0.352. The summed E-state index contributed by atoms with van der Waals surface area (Å²) in [5, 5.41) is 9.90. The van der Waals surface area contributed by atoms with Crippen LogP contribution < -0.4 is 5.73 Å². The van der Waals surface area contributed by atoms with Gasteiger partial charge in [0.1, 0.15) is 17.7 Å². The molecule has 2 aromatic heterocycles. The summed E-state index contributed by atoms with van der Waals surface area (Å²) in [6.07, 6.45) is -4.74. The molecule has 12 nitrogen and oxygen atoms in total. The molecule has 15 heteroatoms. The number of methoxy groups -OCH3 is 1. The number of imidazole rings is 1. The molecule has 1 unspecified atom stereocenters. The molecule has 28 heavy (non-hydrogen) atoms. The van der Waals surface area contributed by atoms with Gasteiger partial charge in [0.25, 0.3) is 0 Å². The summed E-state index contributed by atoms with van der Waals surface area (Å²) in [5.41, 5.74) is 6.01. The number of nitrogen functional groups attached to an aromatic ring is 1. The van der Waals surface area contributed by atoms with Gasteiger partial charge < -0.3 is 20.3 Å². The van der Waals surface area contributed by atoms with Gasteiger partial charge >= 0.3 is 14.2 Å². The van der Waals surface area contributed by atoms with Crippen molar-refractivity contribution in [3.63, 3.8) is 0 Å². The van der Waals surface area contributed by atoms with E-state index in [-0.39, 0.29) is 22.3 Å². The summed E-state index contributed by atoms with van der Waals surface area (Å²) in [6, 6.07) is 0. The highest BCUT2D eigenvalue weighted by Gasteiger charge is 2.46. The number of carbonyl (C=O) groups is 1. The Morgan fingerprint density at radius 2 is 2.25 bits per heavy atom. The summed E-state index contributed by atoms with van der Waals surface area (Å²) in [4.78, 5) is 22.6. The van der Waals surface area contributed by atoms with E-state index in [0.717, 1.165) is 7.11 Å². The Balaban J connectivity index is 1.68. The molecule has 3 heterocycles. The van der Waals surface area contributed by atoms with E-state index in [9.17, 15) is 18.9 Å². The summed E-state index contributed by atoms with van der Waals surface area (Å²) in [5.74, 6) is -0.748. The van der Waals surface area contributed by atoms with E-state index < -0.39 is 52.0 Å². The van der Waals surface area contributed by atoms with Crippen LogP contribution in [0.5, 0.6) is 0 Å². The minimum Gasteiger partial charge on any atom is -0.467 e. The van der Waals surface area contributed by atoms with Crippen molar-refractivity contribution in [3.05, 3.63) is 11.6 Å². The minimum absolute atomic E-state index is 0.00217. The number of aliphatic hydroxyl groups is 1. The van der Waals surface area contributed by atoms with E-state index in [4.69, 9.17) is 26.6 Å². The van der Waals surface area contributed by atoms with Gasteiger partial charge in [-0.25, -0.2) is 18.7 Å². The summed E-state index contributed by atoms with van der Waals surface area (Å²) in [7, 11) is -1.57. The van der Waals surface area contributed by atoms with Crippen LogP contribution in [-0.4, -0.2) is 69.3 Å². The van der Waals surface area contributed by atoms with Gasteiger partial charge in [0.05, 0.1) is 20.0 Å². The second-order valence-electron chi connectivity index (χ2n) is 5.57. The average molecular weight is 439 g/mol. The first kappa shape index (κ1) is 20.7. The van der Waals surface area contributed by atoms with Gasteiger partial charge in [-0.05, 0) is 11.6 Å². The lowest BCUT2D eigenvalue weighted by molar-refractivity contribution is -0.143. The van der Waals surface area contributed by atoms with Crippen molar-refractivity contribution in [1.82, 2.24) is 19.5 Å². The first-order valence-electron chi connectivity index (χ1n) is 7.75. The van der Waals surface area contributed by atoms with E-state index in [1.807, 2.05) is 0 Å². The molecule has 0 aromatic carbocycles. The molecule has 1 radical (unpaired) electrons. The average Bonchev–Trinajstić information content (AvgIpc) is 3.20. The molecule has 5 atom stereocenters. The minimum atomic E-state index is -2.70. The molecule has 0 saturated carbocycles. The summed E-state index contributed by atoms with van der Waals surface area (Å²) < 4.78 is 46.7. The molecular formula is C13H15ClFN5O7P. The van der Waals surface area contributed by atoms with Crippen LogP contribution in [0.4, 0.5) is 10.2 Å². The predicted molar refractivity (Wildman–Crippen MR) is 91.1 cm³/mol. The van der Waals surface area contributed by atoms with Gasteiger partial charge in [0.2, 0.25) is 5.28 Å². The highest BCUT2D eigenvalue weighted by atomic mass is 35.5. The third-order valence-electron chi connectivity index (χ3n) is 3.85. The smallest absolute Gasteiger partial charge is 0.369 e. The van der Waals surface area contributed by atoms with Crippen LogP contribution in [0.1, 0.15) is 6.23 Å². The first-order chi connectivity index (χ1) is 13.3. The van der Waals surface area contributed by atoms with Crippen molar-refractivity contribution >= 4 is 42.8 Å². The number of aliphatic hydroxyl groups excluding tert-OH is 1. The second-order valence-corrected chi connectivity index (χ2v) is 6.87. The van der Waals surface area contributed by atoms with Gasteiger partial charge in [-0.2, -0.15) is 9.97 Å². The van der Waals surface area contributed by atoms with Crippen molar-refractivity contribution in [3.8, 4) is 0 Å². The monoisotopic (exact) mass is 438 g/mol. The molecule has 3 rings (SSSR count). The van der Waals surface area contributed by atoms with E-state index in [1.165, 1.54) is 10.9 Å². The number of nitrogens with two attached hydrogens (primary N) is 1. The predicted octanol–water partition coefficient (Wildman–Crippen LogP) is 0.522. The number of rotatable bonds is 7. The molecule has 0 aliphatic carbocycles. The Kier molecular flexibility index (Phi) is 6.33. The fourth-order valence-electron chi connectivity index (χ4n) is 2.50. The maximum absolute atomic E-state index is 14.6. The molecule has 1 saturated heterocycles. The van der Waals surface area contributed by atoms with Crippen LogP contribution in [0.3, 0.4) is 0 Å². The SMILES string of the molecule is COC(=O)CO[P](=O)OC[C@H]1O[C@@H](n2cnc3c(N)nc(Cl)nc32)[C@@H](F)[C@@H]1O. The Morgan fingerprint density at radius 3 is 2.96 bits per heavy atom. The number of hydrogen-bond donors (Lipinski definition) is 2. The molecule has 1 aliphatic heterocycles. The van der Waals surface area contributed by atoms with Crippen LogP contribution in [0.25, 0.3) is 11.2 Å². The number of aromatic nitrogens is 4. The third kappa shape index (κ3) is 4.19. The van der Waals surface area contributed by atoms with Gasteiger partial charge in [-0.15, -0.1) is 0 Å². The topological polar surface area (TPSA) is 161 Å².